The van der Waals surface area contributed by atoms with Crippen molar-refractivity contribution in [1.29, 1.82) is 0 Å². The highest BCUT2D eigenvalue weighted by molar-refractivity contribution is 7.92. The van der Waals surface area contributed by atoms with Crippen molar-refractivity contribution in [1.82, 2.24) is 10.2 Å². The minimum atomic E-state index is -4.25. The van der Waals surface area contributed by atoms with Gasteiger partial charge < -0.3 is 10.2 Å². The number of benzene rings is 4. The molecule has 4 aromatic carbocycles. The maximum absolute atomic E-state index is 14.5. The summed E-state index contributed by atoms with van der Waals surface area (Å²) >= 11 is 0. The Morgan fingerprint density at radius 3 is 2.00 bits per heavy atom. The van der Waals surface area contributed by atoms with Crippen molar-refractivity contribution in [3.8, 4) is 0 Å². The Morgan fingerprint density at radius 1 is 0.804 bits per heavy atom. The topological polar surface area (TPSA) is 86.8 Å². The van der Waals surface area contributed by atoms with E-state index in [0.29, 0.717) is 0 Å². The number of aryl methyl sites for hydroxylation is 1. The summed E-state index contributed by atoms with van der Waals surface area (Å²) in [6.45, 7) is 1.36. The third-order valence-corrected chi connectivity index (χ3v) is 10.2. The van der Waals surface area contributed by atoms with Gasteiger partial charge in [-0.2, -0.15) is 0 Å². The molecule has 0 spiro atoms. The molecule has 1 saturated carbocycles. The summed E-state index contributed by atoms with van der Waals surface area (Å²) in [5.41, 5.74) is 2.69. The standard InChI is InChI=1S/C37H40FN3O4S/c1-28-17-23-34(24-18-28)46(44,45)41(33-21-19-31(38)20-22-33)27-36(42)40(26-30-13-7-3-8-14-30)35(25-29-11-5-2-6-12-29)37(43)39-32-15-9-4-10-16-32/h2-3,5-8,11-14,17-24,32,35H,4,9-10,15-16,25-27H2,1H3,(H,39,43)/t35-/m0/s1. The van der Waals surface area contributed by atoms with Crippen LogP contribution in [0.1, 0.15) is 48.8 Å². The zero-order chi connectivity index (χ0) is 32.5. The quantitative estimate of drug-likeness (QED) is 0.194. The lowest BCUT2D eigenvalue weighted by atomic mass is 9.94. The second-order valence-corrected chi connectivity index (χ2v) is 13.7. The molecule has 2 amide bonds. The van der Waals surface area contributed by atoms with Gasteiger partial charge in [-0.3, -0.25) is 13.9 Å². The molecule has 1 atom stereocenters. The molecule has 1 aliphatic rings. The minimum absolute atomic E-state index is 0.000659. The van der Waals surface area contributed by atoms with Gasteiger partial charge in [0.1, 0.15) is 18.4 Å². The van der Waals surface area contributed by atoms with Crippen LogP contribution in [0, 0.1) is 12.7 Å². The lowest BCUT2D eigenvalue weighted by molar-refractivity contribution is -0.140. The van der Waals surface area contributed by atoms with Crippen molar-refractivity contribution in [2.45, 2.75) is 69.0 Å². The predicted molar refractivity (Wildman–Crippen MR) is 178 cm³/mol. The normalized spacial score (nSPS) is 14.3. The van der Waals surface area contributed by atoms with E-state index in [1.165, 1.54) is 29.2 Å². The van der Waals surface area contributed by atoms with Crippen LogP contribution < -0.4 is 9.62 Å². The molecule has 0 radical (unpaired) electrons. The fourth-order valence-electron chi connectivity index (χ4n) is 5.85. The highest BCUT2D eigenvalue weighted by Crippen LogP contribution is 2.26. The molecule has 0 unspecified atom stereocenters. The van der Waals surface area contributed by atoms with Gasteiger partial charge in [-0.05, 0) is 67.3 Å². The first kappa shape index (κ1) is 32.9. The summed E-state index contributed by atoms with van der Waals surface area (Å²) in [4.78, 5) is 30.1. The summed E-state index contributed by atoms with van der Waals surface area (Å²) in [5.74, 6) is -1.35. The van der Waals surface area contributed by atoms with Gasteiger partial charge in [-0.1, -0.05) is 97.6 Å². The molecule has 0 heterocycles. The Kier molecular flexibility index (Phi) is 10.9. The highest BCUT2D eigenvalue weighted by atomic mass is 32.2. The monoisotopic (exact) mass is 641 g/mol. The summed E-state index contributed by atoms with van der Waals surface area (Å²) in [7, 11) is -4.25. The van der Waals surface area contributed by atoms with Crippen molar-refractivity contribution >= 4 is 27.5 Å². The van der Waals surface area contributed by atoms with Crippen LogP contribution in [0.3, 0.4) is 0 Å². The maximum Gasteiger partial charge on any atom is 0.264 e. The summed E-state index contributed by atoms with van der Waals surface area (Å²) < 4.78 is 43.1. The molecule has 1 N–H and O–H groups in total. The number of carbonyl (C=O) groups excluding carboxylic acids is 2. The van der Waals surface area contributed by atoms with Crippen LogP contribution in [0.2, 0.25) is 0 Å². The van der Waals surface area contributed by atoms with Crippen molar-refractivity contribution < 1.29 is 22.4 Å². The van der Waals surface area contributed by atoms with Gasteiger partial charge in [0.25, 0.3) is 10.0 Å². The lowest BCUT2D eigenvalue weighted by Crippen LogP contribution is -2.55. The Morgan fingerprint density at radius 2 is 1.39 bits per heavy atom. The number of rotatable bonds is 12. The zero-order valence-electron chi connectivity index (χ0n) is 26.0. The van der Waals surface area contributed by atoms with Crippen LogP contribution in [0.15, 0.2) is 114 Å². The third kappa shape index (κ3) is 8.40. The molecule has 240 valence electrons. The second kappa shape index (κ2) is 15.2. The largest absolute Gasteiger partial charge is 0.352 e. The van der Waals surface area contributed by atoms with Gasteiger partial charge >= 0.3 is 0 Å². The van der Waals surface area contributed by atoms with Crippen molar-refractivity contribution in [3.05, 3.63) is 132 Å². The van der Waals surface area contributed by atoms with E-state index in [4.69, 9.17) is 0 Å². The zero-order valence-corrected chi connectivity index (χ0v) is 26.8. The molecule has 7 nitrogen and oxygen atoms in total. The van der Waals surface area contributed by atoms with E-state index >= 15 is 0 Å². The molecule has 0 aliphatic heterocycles. The van der Waals surface area contributed by atoms with Crippen LogP contribution >= 0.6 is 0 Å². The fraction of sp³-hybridized carbons (Fsp3) is 0.297. The van der Waals surface area contributed by atoms with E-state index in [0.717, 1.165) is 65.2 Å². The smallest absolute Gasteiger partial charge is 0.264 e. The number of halogens is 1. The molecule has 4 aromatic rings. The summed E-state index contributed by atoms with van der Waals surface area (Å²) in [6, 6.07) is 29.3. The first-order valence-electron chi connectivity index (χ1n) is 15.7. The molecule has 0 bridgehead atoms. The predicted octanol–water partition coefficient (Wildman–Crippen LogP) is 6.42. The molecule has 5 rings (SSSR count). The molecule has 1 aliphatic carbocycles. The lowest BCUT2D eigenvalue weighted by Gasteiger charge is -2.35. The summed E-state index contributed by atoms with van der Waals surface area (Å²) in [6.07, 6.45) is 5.20. The van der Waals surface area contributed by atoms with Crippen LogP contribution in [0.25, 0.3) is 0 Å². The van der Waals surface area contributed by atoms with Crippen molar-refractivity contribution in [2.24, 2.45) is 0 Å². The third-order valence-electron chi connectivity index (χ3n) is 8.42. The van der Waals surface area contributed by atoms with Gasteiger partial charge in [0.15, 0.2) is 0 Å². The molecular formula is C37H40FN3O4S. The van der Waals surface area contributed by atoms with Gasteiger partial charge in [0.05, 0.1) is 10.6 Å². The first-order valence-corrected chi connectivity index (χ1v) is 17.2. The van der Waals surface area contributed by atoms with E-state index in [2.05, 4.69) is 5.32 Å². The number of anilines is 1. The molecule has 46 heavy (non-hydrogen) atoms. The number of nitrogens with one attached hydrogen (secondary N) is 1. The fourth-order valence-corrected chi connectivity index (χ4v) is 7.27. The maximum atomic E-state index is 14.5. The van der Waals surface area contributed by atoms with E-state index in [-0.39, 0.29) is 35.5 Å². The van der Waals surface area contributed by atoms with E-state index in [1.807, 2.05) is 67.6 Å². The Balaban J connectivity index is 1.54. The molecule has 0 saturated heterocycles. The molecule has 0 aromatic heterocycles. The van der Waals surface area contributed by atoms with Crippen LogP contribution in [-0.2, 0) is 32.6 Å². The SMILES string of the molecule is Cc1ccc(S(=O)(=O)N(CC(=O)N(Cc2ccccc2)[C@@H](Cc2ccccc2)C(=O)NC2CCCCC2)c2ccc(F)cc2)cc1. The Hall–Kier alpha value is -4.50. The van der Waals surface area contributed by atoms with Crippen LogP contribution in [0.5, 0.6) is 0 Å². The average Bonchev–Trinajstić information content (AvgIpc) is 3.07. The minimum Gasteiger partial charge on any atom is -0.352 e. The number of hydrogen-bond acceptors (Lipinski definition) is 4. The number of carbonyl (C=O) groups is 2. The Bertz CT molecular complexity index is 1690. The summed E-state index contributed by atoms with van der Waals surface area (Å²) in [5, 5.41) is 3.21. The van der Waals surface area contributed by atoms with Crippen molar-refractivity contribution in [2.75, 3.05) is 10.8 Å². The molecular weight excluding hydrogens is 601 g/mol. The molecule has 9 heteroatoms. The van der Waals surface area contributed by atoms with Gasteiger partial charge in [-0.25, -0.2) is 12.8 Å². The van der Waals surface area contributed by atoms with Gasteiger partial charge in [0.2, 0.25) is 11.8 Å². The number of sulfonamides is 1. The average molecular weight is 642 g/mol. The van der Waals surface area contributed by atoms with Gasteiger partial charge in [-0.15, -0.1) is 0 Å². The number of amides is 2. The number of nitrogens with zero attached hydrogens (tertiary/aromatic N) is 2. The van der Waals surface area contributed by atoms with Crippen LogP contribution in [0.4, 0.5) is 10.1 Å². The number of hydrogen-bond donors (Lipinski definition) is 1. The van der Waals surface area contributed by atoms with E-state index in [9.17, 15) is 22.4 Å². The van der Waals surface area contributed by atoms with Crippen molar-refractivity contribution in [3.63, 3.8) is 0 Å². The second-order valence-electron chi connectivity index (χ2n) is 11.9. The first-order chi connectivity index (χ1) is 22.2. The van der Waals surface area contributed by atoms with E-state index < -0.39 is 34.3 Å². The highest BCUT2D eigenvalue weighted by Gasteiger charge is 2.35. The van der Waals surface area contributed by atoms with Gasteiger partial charge in [0, 0.05) is 19.0 Å². The van der Waals surface area contributed by atoms with Crippen LogP contribution in [-0.4, -0.2) is 43.8 Å². The van der Waals surface area contributed by atoms with E-state index in [1.54, 1.807) is 12.1 Å². The molecule has 1 fully saturated rings. The Labute approximate surface area is 271 Å².